The number of nitrogens with zero attached hydrogens (tertiary/aromatic N) is 3. The Morgan fingerprint density at radius 2 is 1.10 bits per heavy atom. The fourth-order valence-corrected chi connectivity index (χ4v) is 8.24. The van der Waals surface area contributed by atoms with Crippen LogP contribution in [0.2, 0.25) is 2.82 Å². The van der Waals surface area contributed by atoms with Gasteiger partial charge in [-0.15, -0.1) is 0 Å². The highest BCUT2D eigenvalue weighted by molar-refractivity contribution is 7.80. The number of hydrogen-bond acceptors (Lipinski definition) is 14. The Labute approximate surface area is 463 Å². The van der Waals surface area contributed by atoms with E-state index in [2.05, 4.69) is 82.1 Å². The number of para-hydroxylation sites is 1. The van der Waals surface area contributed by atoms with E-state index >= 15 is 0 Å². The Balaban J connectivity index is 1.63. The van der Waals surface area contributed by atoms with Crippen molar-refractivity contribution in [2.75, 3.05) is 24.6 Å². The molecule has 20 N–H and O–H groups in total. The van der Waals surface area contributed by atoms with Gasteiger partial charge in [0.15, 0.2) is 14.7 Å². The zero-order valence-corrected chi connectivity index (χ0v) is 44.8. The van der Waals surface area contributed by atoms with Gasteiger partial charge in [0.1, 0.15) is 48.3 Å². The number of guanidine groups is 2. The van der Waals surface area contributed by atoms with Gasteiger partial charge in [0, 0.05) is 79.8 Å². The number of H-pyrrole nitrogens is 2. The molecule has 2 aromatic carbocycles. The molecule has 2 aromatic heterocycles. The first-order chi connectivity index (χ1) is 38.0. The fraction of sp³-hybridized carbons (Fsp3) is 0.429. The molecule has 0 saturated heterocycles. The van der Waals surface area contributed by atoms with E-state index in [4.69, 9.17) is 31.5 Å². The summed E-state index contributed by atoms with van der Waals surface area (Å²) in [5.41, 5.74) is 29.6. The lowest BCUT2D eigenvalue weighted by Gasteiger charge is -2.27. The minimum atomic E-state index is -1.73. The molecule has 4 aromatic rings. The number of primary amides is 1. The minimum Gasteiger partial charge on any atom is -0.370 e. The van der Waals surface area contributed by atoms with Crippen molar-refractivity contribution >= 4 is 101 Å². The van der Waals surface area contributed by atoms with Crippen LogP contribution in [0, 0.1) is 0 Å². The second-order valence-electron chi connectivity index (χ2n) is 17.9. The predicted molar refractivity (Wildman–Crippen MR) is 298 cm³/mol. The van der Waals surface area contributed by atoms with Crippen LogP contribution >= 0.6 is 25.3 Å². The van der Waals surface area contributed by atoms with Gasteiger partial charge in [-0.25, -0.2) is 4.98 Å². The van der Waals surface area contributed by atoms with Crippen molar-refractivity contribution in [1.29, 1.82) is 0 Å². The summed E-state index contributed by atoms with van der Waals surface area (Å²) in [6.07, 6.45) is 3.86. The molecule has 0 radical (unpaired) electrons. The summed E-state index contributed by atoms with van der Waals surface area (Å²) in [6, 6.07) is 4.00. The third kappa shape index (κ3) is 20.7. The molecule has 8 atom stereocenters. The number of thiol groups is 2. The molecule has 29 heteroatoms. The van der Waals surface area contributed by atoms with Gasteiger partial charge in [0.05, 0.1) is 6.33 Å². The van der Waals surface area contributed by atoms with Crippen LogP contribution in [0.3, 0.4) is 0 Å². The van der Waals surface area contributed by atoms with E-state index < -0.39 is 107 Å². The molecular weight excluding hydrogens is 1050 g/mol. The maximum atomic E-state index is 14.7. The monoisotopic (exact) mass is 1120 g/mol. The maximum Gasteiger partial charge on any atom is 0.244 e. The summed E-state index contributed by atoms with van der Waals surface area (Å²) >= 11 is 8.31. The molecule has 78 heavy (non-hydrogen) atoms. The smallest absolute Gasteiger partial charge is 0.244 e. The highest BCUT2D eigenvalue weighted by Gasteiger charge is 2.34. The molecule has 0 fully saturated rings. The zero-order valence-electron chi connectivity index (χ0n) is 45.0. The summed E-state index contributed by atoms with van der Waals surface area (Å²) in [6.45, 7) is 2.49. The third-order valence-electron chi connectivity index (χ3n) is 11.7. The SMILES string of the molecule is [2H]N(C(=O)[C@H](C)NC(=O)[C@H](CS)N([2H])C(=O)[C@H](CCCN=C(N)N)NC(C)=O)[C@@H](Cc1cnc[nH]1)C(=O)N[C@@H](Cc1ccccc1)C(=O)N[C@@H](CCCN=C(N)N)C(=O)N[C@@H](Cc1c[nH]c2ccccc12)C(=O)N[C@@H](CS)C(N)=O. The van der Waals surface area contributed by atoms with Gasteiger partial charge in [0.25, 0.3) is 0 Å². The third-order valence-corrected chi connectivity index (χ3v) is 12.4. The van der Waals surface area contributed by atoms with Crippen molar-refractivity contribution in [3.8, 4) is 0 Å². The van der Waals surface area contributed by atoms with Gasteiger partial charge in [-0.05, 0) is 49.8 Å². The van der Waals surface area contributed by atoms with Gasteiger partial charge in [-0.2, -0.15) is 25.3 Å². The number of aliphatic imine (C=N–C) groups is 2. The second kappa shape index (κ2) is 31.6. The van der Waals surface area contributed by atoms with Crippen LogP contribution in [0.1, 0.15) is 56.4 Å². The lowest BCUT2D eigenvalue weighted by atomic mass is 10.0. The van der Waals surface area contributed by atoms with Crippen LogP contribution in [-0.2, 0) is 62.4 Å². The summed E-state index contributed by atoms with van der Waals surface area (Å²) in [7, 11) is 0. The average Bonchev–Trinajstić information content (AvgIpc) is 4.12. The topological polar surface area (TPSA) is 449 Å². The zero-order chi connectivity index (χ0) is 59.1. The lowest BCUT2D eigenvalue weighted by molar-refractivity contribution is -0.135. The molecule has 9 amide bonds. The van der Waals surface area contributed by atoms with Crippen LogP contribution in [-0.4, -0.2) is 153 Å². The quantitative estimate of drug-likeness (QED) is 0.00969. The molecule has 422 valence electrons. The summed E-state index contributed by atoms with van der Waals surface area (Å²) < 4.78 is 17.6. The van der Waals surface area contributed by atoms with Gasteiger partial charge >= 0.3 is 0 Å². The Morgan fingerprint density at radius 3 is 1.67 bits per heavy atom. The van der Waals surface area contributed by atoms with Crippen LogP contribution in [0.4, 0.5) is 0 Å². The van der Waals surface area contributed by atoms with Crippen molar-refractivity contribution in [2.24, 2.45) is 38.7 Å². The second-order valence-corrected chi connectivity index (χ2v) is 18.6. The Morgan fingerprint density at radius 1 is 0.590 bits per heavy atom. The molecule has 27 nitrogen and oxygen atoms in total. The molecule has 0 saturated carbocycles. The highest BCUT2D eigenvalue weighted by Crippen LogP contribution is 2.20. The molecule has 4 rings (SSSR count). The standard InChI is InChI=1S/C49H70N18O9S2/c1-26(60-47(76)39(24-78)67-42(71)33(61-27(2)68)14-8-16-56-48(51)52)41(70)63-37(20-30-22-55-25-59-30)46(75)64-35(18-28-10-4-3-5-11-28)44(73)62-34(15-9-17-57-49(53)54)43(72)65-36(45(74)66-38(23-77)40(50)69)19-29-21-58-32-13-7-6-12-31(29)32/h3-7,10-13,21-22,25-26,33-39,58,77-78H,8-9,14-20,23-24H2,1-2H3,(H2,50,69)(H,55,59)(H,60,76)(H,61,68)(H,62,73)(H,63,70)(H,64,75)(H,65,72)(H,66,74)(H,67,71)(H4,51,52,56)(H4,53,54,57)/t26-,33-,34-,35-,36-,37-,38-,39-/m0/s1/i/hD2. The first kappa shape index (κ1) is 58.9. The van der Waals surface area contributed by atoms with Gasteiger partial charge in [-0.1, -0.05) is 48.5 Å². The summed E-state index contributed by atoms with van der Waals surface area (Å²) in [5, 5.41) is 16.8. The van der Waals surface area contributed by atoms with Gasteiger partial charge in [0.2, 0.25) is 53.2 Å². The number of fused-ring (bicyclic) bond motifs is 1. The maximum absolute atomic E-state index is 14.7. The van der Waals surface area contributed by atoms with Crippen LogP contribution in [0.25, 0.3) is 10.9 Å². The van der Waals surface area contributed by atoms with E-state index in [0.29, 0.717) is 21.7 Å². The number of nitrogens with one attached hydrogen (secondary N) is 10. The van der Waals surface area contributed by atoms with Crippen molar-refractivity contribution in [2.45, 2.75) is 107 Å². The van der Waals surface area contributed by atoms with E-state index in [1.807, 2.05) is 18.2 Å². The van der Waals surface area contributed by atoms with Gasteiger partial charge < -0.3 is 81.2 Å². The number of amides is 9. The number of aromatic amines is 2. The highest BCUT2D eigenvalue weighted by atomic mass is 32.1. The van der Waals surface area contributed by atoms with Crippen LogP contribution in [0.5, 0.6) is 0 Å². The molecule has 0 aliphatic rings. The number of rotatable bonds is 32. The molecule has 0 bridgehead atoms. The van der Waals surface area contributed by atoms with E-state index in [1.54, 1.807) is 42.6 Å². The van der Waals surface area contributed by atoms with Crippen molar-refractivity contribution in [3.63, 3.8) is 0 Å². The average molecular weight is 1120 g/mol. The molecule has 0 unspecified atom stereocenters. The minimum absolute atomic E-state index is 0.00953. The number of aromatic nitrogens is 3. The van der Waals surface area contributed by atoms with Crippen molar-refractivity contribution in [1.82, 2.24) is 57.5 Å². The normalized spacial score (nSPS) is 14.4. The number of benzene rings is 2. The first-order valence-electron chi connectivity index (χ1n) is 25.5. The van der Waals surface area contributed by atoms with Crippen LogP contribution in [0.15, 0.2) is 83.3 Å². The van der Waals surface area contributed by atoms with E-state index in [1.165, 1.54) is 19.4 Å². The Bertz CT molecular complexity index is 2820. The molecular formula is C49H70N18O9S2. The lowest BCUT2D eigenvalue weighted by Crippen LogP contribution is -2.61. The van der Waals surface area contributed by atoms with E-state index in [-0.39, 0.29) is 81.4 Å². The molecule has 0 aliphatic heterocycles. The predicted octanol–water partition coefficient (Wildman–Crippen LogP) is -3.71. The van der Waals surface area contributed by atoms with Crippen molar-refractivity contribution < 1.29 is 46.0 Å². The molecule has 2 heterocycles. The summed E-state index contributed by atoms with van der Waals surface area (Å²) in [4.78, 5) is 141. The van der Waals surface area contributed by atoms with E-state index in [0.717, 1.165) is 17.8 Å². The number of nitrogens with two attached hydrogens (primary N) is 5. The van der Waals surface area contributed by atoms with Crippen LogP contribution < -0.4 is 71.2 Å². The van der Waals surface area contributed by atoms with Crippen molar-refractivity contribution in [3.05, 3.63) is 90.1 Å². The van der Waals surface area contributed by atoms with E-state index in [9.17, 15) is 43.2 Å². The number of hydrogen-bond donors (Lipinski definition) is 17. The number of carbonyl (C=O) groups excluding carboxylic acids is 9. The molecule has 0 spiro atoms. The largest absolute Gasteiger partial charge is 0.370 e. The number of carbonyl (C=O) groups is 9. The fourth-order valence-electron chi connectivity index (χ4n) is 7.72. The Hall–Kier alpha value is -8.34. The van der Waals surface area contributed by atoms with Gasteiger partial charge in [-0.3, -0.25) is 53.1 Å². The molecule has 0 aliphatic carbocycles. The first-order valence-corrected chi connectivity index (χ1v) is 25.9. The Kier molecular flexibility index (Phi) is 23.9. The number of imidazole rings is 1. The summed E-state index contributed by atoms with van der Waals surface area (Å²) in [5.74, 6) is -9.21.